The standard InChI is InChI=1S/C12H26N2O3S/c1-4-8-18(16,17)9-7-13-6-5-12(15)14-10-11(2)3/h11,13H,4-10H2,1-3H3,(H,14,15). The highest BCUT2D eigenvalue weighted by Crippen LogP contribution is 1.92. The first kappa shape index (κ1) is 17.4. The molecule has 0 atom stereocenters. The summed E-state index contributed by atoms with van der Waals surface area (Å²) in [6.07, 6.45) is 1.04. The van der Waals surface area contributed by atoms with Crippen molar-refractivity contribution in [1.29, 1.82) is 0 Å². The van der Waals surface area contributed by atoms with Crippen LogP contribution >= 0.6 is 0 Å². The minimum Gasteiger partial charge on any atom is -0.356 e. The summed E-state index contributed by atoms with van der Waals surface area (Å²) in [6, 6.07) is 0. The molecule has 18 heavy (non-hydrogen) atoms. The molecule has 0 fully saturated rings. The molecule has 0 aromatic carbocycles. The van der Waals surface area contributed by atoms with E-state index in [-0.39, 0.29) is 17.4 Å². The van der Waals surface area contributed by atoms with Crippen molar-refractivity contribution in [1.82, 2.24) is 10.6 Å². The van der Waals surface area contributed by atoms with E-state index in [4.69, 9.17) is 0 Å². The van der Waals surface area contributed by atoms with Gasteiger partial charge in [-0.15, -0.1) is 0 Å². The molecule has 0 aliphatic carbocycles. The lowest BCUT2D eigenvalue weighted by molar-refractivity contribution is -0.121. The Hall–Kier alpha value is -0.620. The molecule has 0 bridgehead atoms. The molecule has 0 heterocycles. The van der Waals surface area contributed by atoms with Crippen LogP contribution in [0.4, 0.5) is 0 Å². The third-order valence-corrected chi connectivity index (χ3v) is 4.20. The van der Waals surface area contributed by atoms with E-state index >= 15 is 0 Å². The van der Waals surface area contributed by atoms with E-state index in [0.29, 0.717) is 38.4 Å². The van der Waals surface area contributed by atoms with Crippen LogP contribution < -0.4 is 10.6 Å². The summed E-state index contributed by atoms with van der Waals surface area (Å²) in [5.74, 6) is 0.839. The Balaban J connectivity index is 3.54. The quantitative estimate of drug-likeness (QED) is 0.573. The Morgan fingerprint density at radius 3 is 2.39 bits per heavy atom. The van der Waals surface area contributed by atoms with Gasteiger partial charge >= 0.3 is 0 Å². The van der Waals surface area contributed by atoms with Gasteiger partial charge in [-0.1, -0.05) is 20.8 Å². The van der Waals surface area contributed by atoms with Crippen LogP contribution in [0.2, 0.25) is 0 Å². The highest BCUT2D eigenvalue weighted by Gasteiger charge is 2.08. The van der Waals surface area contributed by atoms with Gasteiger partial charge in [0.05, 0.1) is 5.75 Å². The van der Waals surface area contributed by atoms with Gasteiger partial charge in [0, 0.05) is 31.8 Å². The largest absolute Gasteiger partial charge is 0.356 e. The van der Waals surface area contributed by atoms with Crippen molar-refractivity contribution in [3.63, 3.8) is 0 Å². The number of carbonyl (C=O) groups excluding carboxylic acids is 1. The van der Waals surface area contributed by atoms with Crippen LogP contribution in [0.1, 0.15) is 33.6 Å². The minimum atomic E-state index is -2.92. The van der Waals surface area contributed by atoms with Gasteiger partial charge in [0.25, 0.3) is 0 Å². The molecule has 108 valence electrons. The van der Waals surface area contributed by atoms with Crippen LogP contribution in [-0.4, -0.2) is 45.5 Å². The number of sulfone groups is 1. The fraction of sp³-hybridized carbons (Fsp3) is 0.917. The zero-order chi connectivity index (χ0) is 14.0. The molecule has 0 spiro atoms. The highest BCUT2D eigenvalue weighted by molar-refractivity contribution is 7.91. The number of carbonyl (C=O) groups is 1. The molecular formula is C12H26N2O3S. The number of hydrogen-bond donors (Lipinski definition) is 2. The molecule has 0 aliphatic heterocycles. The van der Waals surface area contributed by atoms with Gasteiger partial charge in [0.15, 0.2) is 9.84 Å². The predicted octanol–water partition coefficient (Wildman–Crippen LogP) is 0.563. The van der Waals surface area contributed by atoms with Gasteiger partial charge in [-0.05, 0) is 12.3 Å². The minimum absolute atomic E-state index is 0.00705. The smallest absolute Gasteiger partial charge is 0.221 e. The molecule has 5 nitrogen and oxygen atoms in total. The second-order valence-corrected chi connectivity index (χ2v) is 7.15. The number of amides is 1. The molecule has 6 heteroatoms. The summed E-state index contributed by atoms with van der Waals surface area (Å²) in [7, 11) is -2.92. The first-order chi connectivity index (χ1) is 8.37. The van der Waals surface area contributed by atoms with Crippen molar-refractivity contribution in [3.8, 4) is 0 Å². The zero-order valence-electron chi connectivity index (χ0n) is 11.7. The van der Waals surface area contributed by atoms with E-state index in [1.54, 1.807) is 0 Å². The Kier molecular flexibility index (Phi) is 9.01. The fourth-order valence-electron chi connectivity index (χ4n) is 1.37. The van der Waals surface area contributed by atoms with E-state index in [0.717, 1.165) is 0 Å². The van der Waals surface area contributed by atoms with Crippen LogP contribution in [0.5, 0.6) is 0 Å². The molecule has 1 amide bonds. The molecular weight excluding hydrogens is 252 g/mol. The van der Waals surface area contributed by atoms with Crippen LogP contribution in [0.3, 0.4) is 0 Å². The van der Waals surface area contributed by atoms with Crippen molar-refractivity contribution < 1.29 is 13.2 Å². The van der Waals surface area contributed by atoms with Crippen molar-refractivity contribution in [3.05, 3.63) is 0 Å². The normalized spacial score (nSPS) is 11.8. The van der Waals surface area contributed by atoms with Gasteiger partial charge in [-0.3, -0.25) is 4.79 Å². The third-order valence-electron chi connectivity index (χ3n) is 2.34. The average Bonchev–Trinajstić information content (AvgIpc) is 2.25. The van der Waals surface area contributed by atoms with Crippen molar-refractivity contribution in [2.45, 2.75) is 33.6 Å². The second kappa shape index (κ2) is 9.33. The number of nitrogens with one attached hydrogen (secondary N) is 2. The zero-order valence-corrected chi connectivity index (χ0v) is 12.5. The predicted molar refractivity (Wildman–Crippen MR) is 74.3 cm³/mol. The topological polar surface area (TPSA) is 75.3 Å². The Morgan fingerprint density at radius 1 is 1.17 bits per heavy atom. The SMILES string of the molecule is CCCS(=O)(=O)CCNCCC(=O)NCC(C)C. The lowest BCUT2D eigenvalue weighted by Gasteiger charge is -2.08. The maximum absolute atomic E-state index is 11.4. The maximum Gasteiger partial charge on any atom is 0.221 e. The molecule has 0 saturated heterocycles. The highest BCUT2D eigenvalue weighted by atomic mass is 32.2. The van der Waals surface area contributed by atoms with Crippen LogP contribution in [0.15, 0.2) is 0 Å². The van der Waals surface area contributed by atoms with Crippen molar-refractivity contribution >= 4 is 15.7 Å². The first-order valence-corrected chi connectivity index (χ1v) is 8.37. The fourth-order valence-corrected chi connectivity index (χ4v) is 2.66. The van der Waals surface area contributed by atoms with Gasteiger partial charge in [-0.25, -0.2) is 8.42 Å². The number of hydrogen-bond acceptors (Lipinski definition) is 4. The molecule has 0 aromatic rings. The summed E-state index contributed by atoms with van der Waals surface area (Å²) in [4.78, 5) is 11.3. The lowest BCUT2D eigenvalue weighted by atomic mass is 10.2. The summed E-state index contributed by atoms with van der Waals surface area (Å²) in [5.41, 5.74) is 0. The molecule has 0 aliphatic rings. The van der Waals surface area contributed by atoms with Gasteiger partial charge in [0.2, 0.25) is 5.91 Å². The van der Waals surface area contributed by atoms with E-state index < -0.39 is 9.84 Å². The van der Waals surface area contributed by atoms with Crippen LogP contribution in [0.25, 0.3) is 0 Å². The van der Waals surface area contributed by atoms with Crippen LogP contribution in [-0.2, 0) is 14.6 Å². The monoisotopic (exact) mass is 278 g/mol. The number of rotatable bonds is 10. The maximum atomic E-state index is 11.4. The van der Waals surface area contributed by atoms with E-state index in [1.165, 1.54) is 0 Å². The Morgan fingerprint density at radius 2 is 1.83 bits per heavy atom. The van der Waals surface area contributed by atoms with Gasteiger partial charge in [-0.2, -0.15) is 0 Å². The summed E-state index contributed by atoms with van der Waals surface area (Å²) in [5, 5.41) is 5.79. The molecule has 0 rings (SSSR count). The molecule has 0 aromatic heterocycles. The summed E-state index contributed by atoms with van der Waals surface area (Å²) < 4.78 is 22.8. The first-order valence-electron chi connectivity index (χ1n) is 6.55. The second-order valence-electron chi connectivity index (χ2n) is 4.85. The third kappa shape index (κ3) is 10.5. The lowest BCUT2D eigenvalue weighted by Crippen LogP contribution is -2.32. The van der Waals surface area contributed by atoms with E-state index in [1.807, 2.05) is 20.8 Å². The van der Waals surface area contributed by atoms with Crippen molar-refractivity contribution in [2.75, 3.05) is 31.1 Å². The van der Waals surface area contributed by atoms with E-state index in [2.05, 4.69) is 10.6 Å². The Labute approximate surface area is 111 Å². The average molecular weight is 278 g/mol. The Bertz CT molecular complexity index is 326. The molecule has 0 saturated carbocycles. The molecule has 0 radical (unpaired) electrons. The summed E-state index contributed by atoms with van der Waals surface area (Å²) in [6.45, 7) is 7.55. The van der Waals surface area contributed by atoms with Gasteiger partial charge < -0.3 is 10.6 Å². The van der Waals surface area contributed by atoms with Gasteiger partial charge in [0.1, 0.15) is 0 Å². The van der Waals surface area contributed by atoms with Crippen molar-refractivity contribution in [2.24, 2.45) is 5.92 Å². The molecule has 2 N–H and O–H groups in total. The van der Waals surface area contributed by atoms with Crippen LogP contribution in [0, 0.1) is 5.92 Å². The molecule has 0 unspecified atom stereocenters. The van der Waals surface area contributed by atoms with E-state index in [9.17, 15) is 13.2 Å². The summed E-state index contributed by atoms with van der Waals surface area (Å²) >= 11 is 0.